The van der Waals surface area contributed by atoms with Gasteiger partial charge in [0.1, 0.15) is 5.69 Å². The van der Waals surface area contributed by atoms with Crippen molar-refractivity contribution in [3.05, 3.63) is 66.5 Å². The predicted molar refractivity (Wildman–Crippen MR) is 127 cm³/mol. The van der Waals surface area contributed by atoms with Crippen LogP contribution in [0.25, 0.3) is 21.7 Å². The van der Waals surface area contributed by atoms with Gasteiger partial charge in [0.2, 0.25) is 0 Å². The first-order valence-corrected chi connectivity index (χ1v) is 10.9. The van der Waals surface area contributed by atoms with E-state index in [1.54, 1.807) is 0 Å². The second-order valence-corrected chi connectivity index (χ2v) is 8.39. The van der Waals surface area contributed by atoms with Gasteiger partial charge in [0, 0.05) is 49.2 Å². The summed E-state index contributed by atoms with van der Waals surface area (Å²) in [6.45, 7) is 7.12. The normalized spacial score (nSPS) is 14.5. The molecule has 2 aromatic heterocycles. The Morgan fingerprint density at radius 3 is 2.58 bits per heavy atom. The molecular weight excluding hydrogens is 386 g/mol. The van der Waals surface area contributed by atoms with Crippen LogP contribution < -0.4 is 10.2 Å². The maximum absolute atomic E-state index is 13.2. The Morgan fingerprint density at radius 1 is 1.00 bits per heavy atom. The van der Waals surface area contributed by atoms with Crippen molar-refractivity contribution >= 4 is 39.1 Å². The van der Waals surface area contributed by atoms with Gasteiger partial charge in [0.25, 0.3) is 5.91 Å². The molecule has 2 N–H and O–H groups in total. The lowest BCUT2D eigenvalue weighted by atomic mass is 10.1. The minimum absolute atomic E-state index is 0.0569. The minimum atomic E-state index is 0.0569. The fraction of sp³-hybridized carbons (Fsp3) is 0.280. The Hall–Kier alpha value is -3.54. The van der Waals surface area contributed by atoms with Crippen molar-refractivity contribution in [3.8, 4) is 0 Å². The third-order valence-corrected chi connectivity index (χ3v) is 5.85. The zero-order valence-electron chi connectivity index (χ0n) is 17.9. The van der Waals surface area contributed by atoms with E-state index in [0.717, 1.165) is 40.9 Å². The molecule has 0 atom stereocenters. The number of aromatic nitrogens is 2. The second kappa shape index (κ2) is 7.95. The predicted octanol–water partition coefficient (Wildman–Crippen LogP) is 4.50. The average Bonchev–Trinajstić information content (AvgIpc) is 3.24. The topological polar surface area (TPSA) is 64.3 Å². The number of aromatic amines is 1. The lowest BCUT2D eigenvalue weighted by Crippen LogP contribution is -2.49. The van der Waals surface area contributed by atoms with Gasteiger partial charge in [-0.1, -0.05) is 36.4 Å². The van der Waals surface area contributed by atoms with Crippen LogP contribution in [0.3, 0.4) is 0 Å². The first-order valence-electron chi connectivity index (χ1n) is 10.9. The van der Waals surface area contributed by atoms with Crippen molar-refractivity contribution in [2.75, 3.05) is 36.4 Å². The maximum atomic E-state index is 13.2. The molecule has 0 spiro atoms. The molecule has 0 aliphatic carbocycles. The summed E-state index contributed by atoms with van der Waals surface area (Å²) in [6, 6.07) is 18.8. The van der Waals surface area contributed by atoms with Gasteiger partial charge in [-0.2, -0.15) is 0 Å². The summed E-state index contributed by atoms with van der Waals surface area (Å²) in [4.78, 5) is 25.4. The summed E-state index contributed by atoms with van der Waals surface area (Å²) in [5.41, 5.74) is 2.72. The number of pyridine rings is 1. The van der Waals surface area contributed by atoms with E-state index in [-0.39, 0.29) is 5.91 Å². The highest BCUT2D eigenvalue weighted by Gasteiger charge is 2.25. The molecule has 1 fully saturated rings. The van der Waals surface area contributed by atoms with Crippen molar-refractivity contribution < 1.29 is 4.79 Å². The minimum Gasteiger partial charge on any atom is -0.380 e. The number of hydrogen-bond acceptors (Lipinski definition) is 4. The number of hydrogen-bond donors (Lipinski definition) is 2. The highest BCUT2D eigenvalue weighted by molar-refractivity contribution is 6.08. The van der Waals surface area contributed by atoms with Crippen LogP contribution in [0.5, 0.6) is 0 Å². The third-order valence-electron chi connectivity index (χ3n) is 5.85. The molecule has 1 aliphatic heterocycles. The first kappa shape index (κ1) is 19.4. The number of piperazine rings is 1. The molecule has 31 heavy (non-hydrogen) atoms. The lowest BCUT2D eigenvalue weighted by molar-refractivity contribution is 0.0741. The summed E-state index contributed by atoms with van der Waals surface area (Å²) >= 11 is 0. The lowest BCUT2D eigenvalue weighted by Gasteiger charge is -2.36. The second-order valence-electron chi connectivity index (χ2n) is 8.39. The van der Waals surface area contributed by atoms with Crippen molar-refractivity contribution in [1.82, 2.24) is 14.9 Å². The number of anilines is 2. The van der Waals surface area contributed by atoms with Crippen LogP contribution in [0.2, 0.25) is 0 Å². The molecule has 1 amide bonds. The molecule has 0 radical (unpaired) electrons. The van der Waals surface area contributed by atoms with Crippen molar-refractivity contribution in [3.63, 3.8) is 0 Å². The zero-order valence-corrected chi connectivity index (χ0v) is 17.9. The van der Waals surface area contributed by atoms with Gasteiger partial charge in [-0.05, 0) is 37.4 Å². The summed E-state index contributed by atoms with van der Waals surface area (Å²) < 4.78 is 0. The molecule has 0 unspecified atom stereocenters. The van der Waals surface area contributed by atoms with Gasteiger partial charge >= 0.3 is 0 Å². The maximum Gasteiger partial charge on any atom is 0.270 e. The largest absolute Gasteiger partial charge is 0.380 e. The highest BCUT2D eigenvalue weighted by atomic mass is 16.2. The summed E-state index contributed by atoms with van der Waals surface area (Å²) in [6.07, 6.45) is 1.83. The Balaban J connectivity index is 1.33. The molecule has 3 heterocycles. The molecule has 6 heteroatoms. The number of nitrogens with one attached hydrogen (secondary N) is 2. The average molecular weight is 414 g/mol. The van der Waals surface area contributed by atoms with E-state index in [1.165, 1.54) is 5.39 Å². The fourth-order valence-electron chi connectivity index (χ4n) is 4.35. The van der Waals surface area contributed by atoms with E-state index >= 15 is 0 Å². The summed E-state index contributed by atoms with van der Waals surface area (Å²) in [5, 5.41) is 6.85. The van der Waals surface area contributed by atoms with E-state index in [9.17, 15) is 4.79 Å². The number of fused-ring (bicyclic) bond motifs is 3. The quantitative estimate of drug-likeness (QED) is 0.517. The van der Waals surface area contributed by atoms with E-state index < -0.39 is 0 Å². The SMILES string of the molecule is CC(C)Nc1cccnc1N1CCN(C(=O)c2cc3ccc4ccccc4c3[nH]2)CC1. The molecule has 1 saturated heterocycles. The number of amides is 1. The monoisotopic (exact) mass is 413 g/mol. The van der Waals surface area contributed by atoms with Crippen LogP contribution in [-0.2, 0) is 0 Å². The smallest absolute Gasteiger partial charge is 0.270 e. The fourth-order valence-corrected chi connectivity index (χ4v) is 4.35. The van der Waals surface area contributed by atoms with Gasteiger partial charge in [-0.25, -0.2) is 4.98 Å². The van der Waals surface area contributed by atoms with Crippen LogP contribution in [-0.4, -0.2) is 53.0 Å². The first-order chi connectivity index (χ1) is 15.1. The van der Waals surface area contributed by atoms with Crippen LogP contribution in [0, 0.1) is 0 Å². The standard InChI is InChI=1S/C25H27N5O/c1-17(2)27-21-8-5-11-26-24(21)29-12-14-30(15-13-29)25(31)22-16-19-10-9-18-6-3-4-7-20(18)23(19)28-22/h3-11,16-17,27-28H,12-15H2,1-2H3. The number of benzene rings is 2. The molecule has 5 rings (SSSR count). The number of carbonyl (C=O) groups excluding carboxylic acids is 1. The molecule has 158 valence electrons. The zero-order chi connectivity index (χ0) is 21.4. The van der Waals surface area contributed by atoms with Crippen LogP contribution in [0.4, 0.5) is 11.5 Å². The van der Waals surface area contributed by atoms with Crippen molar-refractivity contribution in [1.29, 1.82) is 0 Å². The Kier molecular flexibility index (Phi) is 4.98. The molecule has 6 nitrogen and oxygen atoms in total. The van der Waals surface area contributed by atoms with Gasteiger partial charge in [0.05, 0.1) is 11.2 Å². The van der Waals surface area contributed by atoms with Gasteiger partial charge < -0.3 is 20.1 Å². The Morgan fingerprint density at radius 2 is 1.77 bits per heavy atom. The Labute approximate surface area is 181 Å². The van der Waals surface area contributed by atoms with Gasteiger partial charge in [-0.3, -0.25) is 4.79 Å². The van der Waals surface area contributed by atoms with Gasteiger partial charge in [0.15, 0.2) is 5.82 Å². The molecule has 0 bridgehead atoms. The number of rotatable bonds is 4. The van der Waals surface area contributed by atoms with Crippen molar-refractivity contribution in [2.24, 2.45) is 0 Å². The molecule has 0 saturated carbocycles. The van der Waals surface area contributed by atoms with Crippen LogP contribution >= 0.6 is 0 Å². The number of carbonyl (C=O) groups is 1. The number of H-pyrrole nitrogens is 1. The molecular formula is C25H27N5O. The van der Waals surface area contributed by atoms with Crippen LogP contribution in [0.15, 0.2) is 60.8 Å². The van der Waals surface area contributed by atoms with E-state index in [4.69, 9.17) is 0 Å². The molecule has 4 aromatic rings. The molecule has 1 aliphatic rings. The van der Waals surface area contributed by atoms with E-state index in [2.05, 4.69) is 64.4 Å². The summed E-state index contributed by atoms with van der Waals surface area (Å²) in [7, 11) is 0. The Bertz CT molecular complexity index is 1240. The van der Waals surface area contributed by atoms with E-state index in [1.807, 2.05) is 35.4 Å². The summed E-state index contributed by atoms with van der Waals surface area (Å²) in [5.74, 6) is 1.02. The van der Waals surface area contributed by atoms with Crippen LogP contribution in [0.1, 0.15) is 24.3 Å². The highest BCUT2D eigenvalue weighted by Crippen LogP contribution is 2.27. The van der Waals surface area contributed by atoms with Crippen molar-refractivity contribution in [2.45, 2.75) is 19.9 Å². The third kappa shape index (κ3) is 3.69. The number of nitrogens with zero attached hydrogens (tertiary/aromatic N) is 3. The van der Waals surface area contributed by atoms with E-state index in [0.29, 0.717) is 24.8 Å². The van der Waals surface area contributed by atoms with Gasteiger partial charge in [-0.15, -0.1) is 0 Å². The molecule has 2 aromatic carbocycles.